The Bertz CT molecular complexity index is 131. The molecule has 0 amide bonds. The van der Waals surface area contributed by atoms with Crippen molar-refractivity contribution in [3.05, 3.63) is 0 Å². The summed E-state index contributed by atoms with van der Waals surface area (Å²) in [7, 11) is 0.599. The van der Waals surface area contributed by atoms with E-state index < -0.39 is 0 Å². The predicted molar refractivity (Wildman–Crippen MR) is 74.2 cm³/mol. The van der Waals surface area contributed by atoms with E-state index in [2.05, 4.69) is 13.8 Å². The van der Waals surface area contributed by atoms with Crippen molar-refractivity contribution in [2.45, 2.75) is 39.2 Å². The number of hydrogen-bond donors (Lipinski definition) is 0. The summed E-state index contributed by atoms with van der Waals surface area (Å²) in [5.74, 6) is 0. The fraction of sp³-hybridized carbons (Fsp3) is 1.00. The van der Waals surface area contributed by atoms with E-state index in [1.165, 1.54) is 12.8 Å². The molecule has 0 rings (SSSR count). The molecule has 0 N–H and O–H groups in total. The SMILES string of the molecule is CCCCCOCCOCCOCCO[Si]CC. The Morgan fingerprint density at radius 3 is 1.78 bits per heavy atom. The number of hydrogen-bond acceptors (Lipinski definition) is 4. The van der Waals surface area contributed by atoms with E-state index in [9.17, 15) is 0 Å². The van der Waals surface area contributed by atoms with Gasteiger partial charge in [-0.2, -0.15) is 0 Å². The van der Waals surface area contributed by atoms with Crippen LogP contribution in [0.25, 0.3) is 0 Å². The van der Waals surface area contributed by atoms with E-state index in [0.717, 1.165) is 19.1 Å². The molecule has 2 radical (unpaired) electrons. The maximum Gasteiger partial charge on any atom is 0.229 e. The molecule has 0 saturated heterocycles. The van der Waals surface area contributed by atoms with Crippen LogP contribution in [0.1, 0.15) is 33.1 Å². The predicted octanol–water partition coefficient (Wildman–Crippen LogP) is 2.30. The zero-order chi connectivity index (χ0) is 13.3. The van der Waals surface area contributed by atoms with Crippen LogP contribution < -0.4 is 0 Å². The van der Waals surface area contributed by atoms with Gasteiger partial charge in [0.1, 0.15) is 0 Å². The van der Waals surface area contributed by atoms with Gasteiger partial charge in [-0.1, -0.05) is 26.7 Å². The summed E-state index contributed by atoms with van der Waals surface area (Å²) >= 11 is 0. The third-order valence-corrected chi connectivity index (χ3v) is 2.91. The van der Waals surface area contributed by atoms with Crippen LogP contribution >= 0.6 is 0 Å². The van der Waals surface area contributed by atoms with E-state index in [1.807, 2.05) is 0 Å². The Morgan fingerprint density at radius 1 is 0.667 bits per heavy atom. The number of rotatable bonds is 15. The van der Waals surface area contributed by atoms with E-state index in [1.54, 1.807) is 0 Å². The van der Waals surface area contributed by atoms with Crippen LogP contribution in [0, 0.1) is 0 Å². The fourth-order valence-electron chi connectivity index (χ4n) is 1.27. The van der Waals surface area contributed by atoms with Crippen molar-refractivity contribution in [1.29, 1.82) is 0 Å². The van der Waals surface area contributed by atoms with E-state index in [4.69, 9.17) is 18.6 Å². The minimum Gasteiger partial charge on any atom is -0.415 e. The minimum atomic E-state index is 0.599. The monoisotopic (exact) mass is 276 g/mol. The average Bonchev–Trinajstić information content (AvgIpc) is 2.39. The summed E-state index contributed by atoms with van der Waals surface area (Å²) in [6.07, 6.45) is 3.63. The fourth-order valence-corrected chi connectivity index (χ4v) is 1.70. The molecule has 0 aromatic rings. The molecule has 0 aliphatic heterocycles. The summed E-state index contributed by atoms with van der Waals surface area (Å²) in [5.41, 5.74) is 0. The summed E-state index contributed by atoms with van der Waals surface area (Å²) in [5, 5.41) is 0. The standard InChI is InChI=1S/C13H28O4Si/c1-3-5-6-7-14-8-9-15-10-11-16-12-13-17-18-4-2/h3-13H2,1-2H3. The van der Waals surface area contributed by atoms with Crippen molar-refractivity contribution >= 4 is 9.76 Å². The maximum absolute atomic E-state index is 5.42. The zero-order valence-corrected chi connectivity index (χ0v) is 12.9. The molecule has 0 aromatic carbocycles. The normalized spacial score (nSPS) is 11.0. The molecule has 108 valence electrons. The first kappa shape index (κ1) is 18.1. The molecule has 18 heavy (non-hydrogen) atoms. The highest BCUT2D eigenvalue weighted by atomic mass is 28.2. The maximum atomic E-state index is 5.42. The Balaban J connectivity index is 2.86. The van der Waals surface area contributed by atoms with E-state index >= 15 is 0 Å². The first-order valence-electron chi connectivity index (χ1n) is 6.99. The van der Waals surface area contributed by atoms with Gasteiger partial charge in [0.2, 0.25) is 9.76 Å². The van der Waals surface area contributed by atoms with Gasteiger partial charge in [-0.15, -0.1) is 0 Å². The van der Waals surface area contributed by atoms with Crippen LogP contribution in [0.4, 0.5) is 0 Å². The average molecular weight is 276 g/mol. The van der Waals surface area contributed by atoms with Gasteiger partial charge in [0, 0.05) is 6.61 Å². The van der Waals surface area contributed by atoms with Gasteiger partial charge in [-0.05, 0) is 12.5 Å². The minimum absolute atomic E-state index is 0.599. The second-order valence-electron chi connectivity index (χ2n) is 3.89. The molecule has 4 nitrogen and oxygen atoms in total. The quantitative estimate of drug-likeness (QED) is 0.340. The number of unbranched alkanes of at least 4 members (excludes halogenated alkanes) is 2. The third kappa shape index (κ3) is 16.1. The van der Waals surface area contributed by atoms with Gasteiger partial charge in [-0.25, -0.2) is 0 Å². The van der Waals surface area contributed by atoms with Gasteiger partial charge in [-0.3, -0.25) is 0 Å². The molecular formula is C13H28O4Si. The van der Waals surface area contributed by atoms with Crippen molar-refractivity contribution in [2.24, 2.45) is 0 Å². The summed E-state index contributed by atoms with van der Waals surface area (Å²) in [6, 6.07) is 1.08. The Morgan fingerprint density at radius 2 is 1.22 bits per heavy atom. The van der Waals surface area contributed by atoms with Crippen LogP contribution in [-0.4, -0.2) is 56.0 Å². The molecule has 0 atom stereocenters. The van der Waals surface area contributed by atoms with Gasteiger partial charge >= 0.3 is 0 Å². The summed E-state index contributed by atoms with van der Waals surface area (Å²) in [4.78, 5) is 0. The Kier molecular flexibility index (Phi) is 17.1. The summed E-state index contributed by atoms with van der Waals surface area (Å²) in [6.45, 7) is 9.10. The largest absolute Gasteiger partial charge is 0.415 e. The van der Waals surface area contributed by atoms with Gasteiger partial charge in [0.05, 0.1) is 39.6 Å². The van der Waals surface area contributed by atoms with Crippen molar-refractivity contribution in [1.82, 2.24) is 0 Å². The summed E-state index contributed by atoms with van der Waals surface area (Å²) < 4.78 is 21.5. The van der Waals surface area contributed by atoms with Gasteiger partial charge < -0.3 is 18.6 Å². The second kappa shape index (κ2) is 17.1. The number of ether oxygens (including phenoxy) is 3. The molecule has 0 aromatic heterocycles. The van der Waals surface area contributed by atoms with Crippen LogP contribution in [-0.2, 0) is 18.6 Å². The molecular weight excluding hydrogens is 248 g/mol. The molecule has 0 fully saturated rings. The lowest BCUT2D eigenvalue weighted by molar-refractivity contribution is 0.00897. The van der Waals surface area contributed by atoms with Gasteiger partial charge in [0.15, 0.2) is 0 Å². The van der Waals surface area contributed by atoms with Crippen LogP contribution in [0.5, 0.6) is 0 Å². The van der Waals surface area contributed by atoms with Crippen molar-refractivity contribution in [2.75, 3.05) is 46.2 Å². The highest BCUT2D eigenvalue weighted by Crippen LogP contribution is 1.93. The van der Waals surface area contributed by atoms with Crippen LogP contribution in [0.15, 0.2) is 0 Å². The molecule has 0 aliphatic rings. The smallest absolute Gasteiger partial charge is 0.229 e. The topological polar surface area (TPSA) is 36.9 Å². The third-order valence-electron chi connectivity index (χ3n) is 2.21. The lowest BCUT2D eigenvalue weighted by atomic mass is 10.3. The van der Waals surface area contributed by atoms with E-state index in [-0.39, 0.29) is 0 Å². The lowest BCUT2D eigenvalue weighted by Gasteiger charge is -2.06. The van der Waals surface area contributed by atoms with E-state index in [0.29, 0.717) is 49.4 Å². The molecule has 0 heterocycles. The Hall–Kier alpha value is 0.0569. The highest BCUT2D eigenvalue weighted by molar-refractivity contribution is 6.26. The zero-order valence-electron chi connectivity index (χ0n) is 11.9. The second-order valence-corrected chi connectivity index (χ2v) is 5.18. The van der Waals surface area contributed by atoms with Crippen molar-refractivity contribution in [3.63, 3.8) is 0 Å². The molecule has 0 unspecified atom stereocenters. The highest BCUT2D eigenvalue weighted by Gasteiger charge is 1.92. The van der Waals surface area contributed by atoms with Gasteiger partial charge in [0.25, 0.3) is 0 Å². The van der Waals surface area contributed by atoms with Crippen LogP contribution in [0.3, 0.4) is 0 Å². The Labute approximate surface area is 114 Å². The van der Waals surface area contributed by atoms with Crippen molar-refractivity contribution in [3.8, 4) is 0 Å². The molecule has 0 aliphatic carbocycles. The molecule has 0 spiro atoms. The lowest BCUT2D eigenvalue weighted by Crippen LogP contribution is -2.12. The van der Waals surface area contributed by atoms with Crippen LogP contribution in [0.2, 0.25) is 6.04 Å². The molecule has 0 bridgehead atoms. The molecule has 0 saturated carbocycles. The first-order chi connectivity index (χ1) is 8.91. The van der Waals surface area contributed by atoms with Crippen molar-refractivity contribution < 1.29 is 18.6 Å². The molecule has 5 heteroatoms. The first-order valence-corrected chi connectivity index (χ1v) is 8.11.